The number of thiophene rings is 1. The SMILES string of the molecule is O=[N+]([O-])c1cc(Cn2nnc(-c3ccccc3)n2)cs1. The van der Waals surface area contributed by atoms with Crippen LogP contribution in [0.2, 0.25) is 0 Å². The van der Waals surface area contributed by atoms with Crippen molar-refractivity contribution < 1.29 is 4.92 Å². The quantitative estimate of drug-likeness (QED) is 0.543. The fourth-order valence-electron chi connectivity index (χ4n) is 1.72. The van der Waals surface area contributed by atoms with E-state index in [2.05, 4.69) is 15.4 Å². The molecule has 0 aliphatic carbocycles. The smallest absolute Gasteiger partial charge is 0.258 e. The van der Waals surface area contributed by atoms with Gasteiger partial charge in [-0.25, -0.2) is 0 Å². The molecule has 0 fully saturated rings. The largest absolute Gasteiger partial charge is 0.324 e. The fraction of sp³-hybridized carbons (Fsp3) is 0.0833. The van der Waals surface area contributed by atoms with Crippen LogP contribution in [0.4, 0.5) is 5.00 Å². The van der Waals surface area contributed by atoms with Crippen molar-refractivity contribution >= 4 is 16.3 Å². The standard InChI is InChI=1S/C12H9N5O2S/c18-17(19)11-6-9(8-20-11)7-16-14-12(13-15-16)10-4-2-1-3-5-10/h1-6,8H,7H2. The Morgan fingerprint density at radius 3 is 2.80 bits per heavy atom. The molecule has 0 atom stereocenters. The highest BCUT2D eigenvalue weighted by Crippen LogP contribution is 2.23. The molecule has 0 bridgehead atoms. The average Bonchev–Trinajstić information content (AvgIpc) is 3.10. The molecule has 0 N–H and O–H groups in total. The maximum Gasteiger partial charge on any atom is 0.324 e. The van der Waals surface area contributed by atoms with E-state index in [0.717, 1.165) is 22.5 Å². The highest BCUT2D eigenvalue weighted by Gasteiger charge is 2.11. The number of rotatable bonds is 4. The van der Waals surface area contributed by atoms with Gasteiger partial charge in [-0.3, -0.25) is 10.1 Å². The van der Waals surface area contributed by atoms with Gasteiger partial charge in [0.15, 0.2) is 0 Å². The normalized spacial score (nSPS) is 10.6. The van der Waals surface area contributed by atoms with Gasteiger partial charge in [0.25, 0.3) is 0 Å². The van der Waals surface area contributed by atoms with Gasteiger partial charge in [0, 0.05) is 17.0 Å². The number of benzene rings is 1. The summed E-state index contributed by atoms with van der Waals surface area (Å²) in [6.45, 7) is 0.365. The molecule has 8 heteroatoms. The lowest BCUT2D eigenvalue weighted by Gasteiger charge is -1.94. The van der Waals surface area contributed by atoms with Crippen LogP contribution in [0.25, 0.3) is 11.4 Å². The summed E-state index contributed by atoms with van der Waals surface area (Å²) in [4.78, 5) is 11.6. The lowest BCUT2D eigenvalue weighted by atomic mass is 10.2. The van der Waals surface area contributed by atoms with Crippen molar-refractivity contribution in [1.82, 2.24) is 20.2 Å². The van der Waals surface area contributed by atoms with Gasteiger partial charge in [0.2, 0.25) is 5.82 Å². The summed E-state index contributed by atoms with van der Waals surface area (Å²) >= 11 is 1.09. The van der Waals surface area contributed by atoms with Crippen LogP contribution < -0.4 is 0 Å². The summed E-state index contributed by atoms with van der Waals surface area (Å²) in [7, 11) is 0. The van der Waals surface area contributed by atoms with E-state index in [4.69, 9.17) is 0 Å². The molecule has 0 amide bonds. The van der Waals surface area contributed by atoms with E-state index in [-0.39, 0.29) is 5.00 Å². The Balaban J connectivity index is 1.78. The van der Waals surface area contributed by atoms with Crippen LogP contribution in [0.3, 0.4) is 0 Å². The molecule has 3 rings (SSSR count). The third kappa shape index (κ3) is 2.54. The van der Waals surface area contributed by atoms with Crippen LogP contribution in [-0.2, 0) is 6.54 Å². The molecule has 0 spiro atoms. The first-order valence-corrected chi connectivity index (χ1v) is 6.65. The lowest BCUT2D eigenvalue weighted by Crippen LogP contribution is -2.03. The maximum absolute atomic E-state index is 10.6. The summed E-state index contributed by atoms with van der Waals surface area (Å²) in [5.41, 5.74) is 1.67. The molecule has 100 valence electrons. The predicted octanol–water partition coefficient (Wildman–Crippen LogP) is 2.36. The number of nitro groups is 1. The maximum atomic E-state index is 10.6. The van der Waals surface area contributed by atoms with Gasteiger partial charge < -0.3 is 0 Å². The Morgan fingerprint density at radius 2 is 2.10 bits per heavy atom. The number of nitrogens with zero attached hydrogens (tertiary/aromatic N) is 5. The molecule has 0 aliphatic heterocycles. The van der Waals surface area contributed by atoms with Gasteiger partial charge in [-0.05, 0) is 10.8 Å². The van der Waals surface area contributed by atoms with E-state index in [0.29, 0.717) is 12.4 Å². The van der Waals surface area contributed by atoms with E-state index in [1.165, 1.54) is 10.9 Å². The molecule has 0 aliphatic rings. The van der Waals surface area contributed by atoms with Crippen molar-refractivity contribution in [2.45, 2.75) is 6.54 Å². The summed E-state index contributed by atoms with van der Waals surface area (Å²) in [6.07, 6.45) is 0. The molecular formula is C12H9N5O2S. The van der Waals surface area contributed by atoms with Crippen molar-refractivity contribution in [3.63, 3.8) is 0 Å². The third-order valence-electron chi connectivity index (χ3n) is 2.63. The van der Waals surface area contributed by atoms with Crippen molar-refractivity contribution in [3.05, 3.63) is 57.5 Å². The van der Waals surface area contributed by atoms with E-state index in [1.54, 1.807) is 5.38 Å². The van der Waals surface area contributed by atoms with Crippen molar-refractivity contribution in [2.24, 2.45) is 0 Å². The second-order valence-corrected chi connectivity index (χ2v) is 4.95. The molecule has 0 unspecified atom stereocenters. The van der Waals surface area contributed by atoms with Crippen molar-refractivity contribution in [2.75, 3.05) is 0 Å². The molecule has 0 saturated heterocycles. The zero-order valence-corrected chi connectivity index (χ0v) is 11.0. The van der Waals surface area contributed by atoms with Gasteiger partial charge in [-0.15, -0.1) is 10.2 Å². The topological polar surface area (TPSA) is 86.7 Å². The third-order valence-corrected chi connectivity index (χ3v) is 3.56. The van der Waals surface area contributed by atoms with Crippen LogP contribution in [0, 0.1) is 10.1 Å². The minimum atomic E-state index is -0.404. The van der Waals surface area contributed by atoms with E-state index in [9.17, 15) is 10.1 Å². The lowest BCUT2D eigenvalue weighted by molar-refractivity contribution is -0.380. The van der Waals surface area contributed by atoms with Crippen LogP contribution in [0.15, 0.2) is 41.8 Å². The molecule has 2 aromatic heterocycles. The minimum Gasteiger partial charge on any atom is -0.258 e. The highest BCUT2D eigenvalue weighted by atomic mass is 32.1. The van der Waals surface area contributed by atoms with Crippen molar-refractivity contribution in [1.29, 1.82) is 0 Å². The minimum absolute atomic E-state index is 0.114. The van der Waals surface area contributed by atoms with E-state index >= 15 is 0 Å². The Bertz CT molecular complexity index is 737. The van der Waals surface area contributed by atoms with Crippen molar-refractivity contribution in [3.8, 4) is 11.4 Å². The monoisotopic (exact) mass is 287 g/mol. The number of aromatic nitrogens is 4. The molecule has 20 heavy (non-hydrogen) atoms. The molecule has 0 saturated carbocycles. The van der Waals surface area contributed by atoms with Gasteiger partial charge in [0.05, 0.1) is 11.5 Å². The van der Waals surface area contributed by atoms with Gasteiger partial charge in [-0.2, -0.15) is 4.80 Å². The molecule has 2 heterocycles. The Hall–Kier alpha value is -2.61. The van der Waals surface area contributed by atoms with E-state index in [1.807, 2.05) is 30.3 Å². The first kappa shape index (κ1) is 12.4. The Kier molecular flexibility index (Phi) is 3.21. The summed E-state index contributed by atoms with van der Waals surface area (Å²) < 4.78 is 0. The van der Waals surface area contributed by atoms with E-state index < -0.39 is 4.92 Å². The second kappa shape index (κ2) is 5.17. The summed E-state index contributed by atoms with van der Waals surface area (Å²) in [5.74, 6) is 0.537. The fourth-order valence-corrected chi connectivity index (χ4v) is 2.44. The van der Waals surface area contributed by atoms with Gasteiger partial charge in [0.1, 0.15) is 0 Å². The molecular weight excluding hydrogens is 278 g/mol. The molecule has 7 nitrogen and oxygen atoms in total. The molecule has 1 aromatic carbocycles. The average molecular weight is 287 g/mol. The zero-order chi connectivity index (χ0) is 13.9. The van der Waals surface area contributed by atoms with Crippen LogP contribution in [-0.4, -0.2) is 25.1 Å². The van der Waals surface area contributed by atoms with Crippen LogP contribution in [0.1, 0.15) is 5.56 Å². The van der Waals surface area contributed by atoms with Crippen LogP contribution >= 0.6 is 11.3 Å². The van der Waals surface area contributed by atoms with Crippen LogP contribution in [0.5, 0.6) is 0 Å². The number of hydrogen-bond acceptors (Lipinski definition) is 6. The Labute approximate surface area is 117 Å². The van der Waals surface area contributed by atoms with Gasteiger partial charge >= 0.3 is 5.00 Å². The molecule has 3 aromatic rings. The number of hydrogen-bond donors (Lipinski definition) is 0. The highest BCUT2D eigenvalue weighted by molar-refractivity contribution is 7.13. The zero-order valence-electron chi connectivity index (χ0n) is 10.2. The second-order valence-electron chi connectivity index (χ2n) is 4.06. The summed E-state index contributed by atoms with van der Waals surface area (Å²) in [6, 6.07) is 11.0. The van der Waals surface area contributed by atoms with Gasteiger partial charge in [-0.1, -0.05) is 41.7 Å². The first-order chi connectivity index (χ1) is 9.72. The summed E-state index contributed by atoms with van der Waals surface area (Å²) in [5, 5.41) is 24.6. The number of tetrazole rings is 1. The Morgan fingerprint density at radius 1 is 1.30 bits per heavy atom. The predicted molar refractivity (Wildman–Crippen MR) is 73.3 cm³/mol. The first-order valence-electron chi connectivity index (χ1n) is 5.77. The molecule has 0 radical (unpaired) electrons.